The minimum Gasteiger partial charge on any atom is -0.484 e. The number of carbonyl (C=O) groups is 1. The Balaban J connectivity index is 1.52. The molecule has 0 aliphatic rings. The zero-order chi connectivity index (χ0) is 18.4. The zero-order valence-electron chi connectivity index (χ0n) is 14.9. The number of hydrogen-bond donors (Lipinski definition) is 1. The quantitative estimate of drug-likeness (QED) is 0.614. The van der Waals surface area contributed by atoms with Crippen LogP contribution in [0.2, 0.25) is 0 Å². The molecular weight excluding hydrogens is 344 g/mol. The van der Waals surface area contributed by atoms with Gasteiger partial charge in [-0.2, -0.15) is 0 Å². The van der Waals surface area contributed by atoms with E-state index in [9.17, 15) is 4.79 Å². The fourth-order valence-corrected chi connectivity index (χ4v) is 3.24. The third-order valence-electron chi connectivity index (χ3n) is 4.25. The molecule has 2 aromatic carbocycles. The lowest BCUT2D eigenvalue weighted by molar-refractivity contribution is -0.118. The third-order valence-corrected chi connectivity index (χ3v) is 5.01. The molecule has 0 saturated heterocycles. The summed E-state index contributed by atoms with van der Waals surface area (Å²) in [6.45, 7) is 4.32. The van der Waals surface area contributed by atoms with E-state index in [-0.39, 0.29) is 12.5 Å². The molecule has 0 unspecified atom stereocenters. The summed E-state index contributed by atoms with van der Waals surface area (Å²) in [4.78, 5) is 16.5. The van der Waals surface area contributed by atoms with E-state index in [0.717, 1.165) is 17.7 Å². The van der Waals surface area contributed by atoms with E-state index in [1.807, 2.05) is 60.0 Å². The average Bonchev–Trinajstić information content (AvgIpc) is 3.15. The number of benzene rings is 2. The van der Waals surface area contributed by atoms with E-state index in [4.69, 9.17) is 4.74 Å². The zero-order valence-corrected chi connectivity index (χ0v) is 15.8. The summed E-state index contributed by atoms with van der Waals surface area (Å²) in [6, 6.07) is 17.8. The summed E-state index contributed by atoms with van der Waals surface area (Å²) in [6.07, 6.45) is 1.10. The molecule has 0 saturated carbocycles. The van der Waals surface area contributed by atoms with Gasteiger partial charge in [-0.25, -0.2) is 4.98 Å². The average molecular weight is 366 g/mol. The van der Waals surface area contributed by atoms with Crippen LogP contribution in [0.1, 0.15) is 31.7 Å². The highest BCUT2D eigenvalue weighted by Crippen LogP contribution is 2.25. The van der Waals surface area contributed by atoms with Crippen LogP contribution in [0.15, 0.2) is 60.0 Å². The first kappa shape index (κ1) is 18.1. The molecule has 1 atom stereocenters. The molecule has 1 aromatic heterocycles. The smallest absolute Gasteiger partial charge is 0.264 e. The second kappa shape index (κ2) is 8.63. The molecule has 134 valence electrons. The third kappa shape index (κ3) is 4.70. The highest BCUT2D eigenvalue weighted by molar-refractivity contribution is 7.14. The molecule has 0 aliphatic carbocycles. The number of amides is 1. The molecule has 0 spiro atoms. The topological polar surface area (TPSA) is 51.2 Å². The van der Waals surface area contributed by atoms with E-state index in [1.165, 1.54) is 16.9 Å². The lowest BCUT2D eigenvalue weighted by Crippen LogP contribution is -2.20. The minimum atomic E-state index is -0.218. The first-order chi connectivity index (χ1) is 12.7. The molecule has 0 radical (unpaired) electrons. The van der Waals surface area contributed by atoms with Crippen molar-refractivity contribution in [3.05, 3.63) is 65.5 Å². The maximum atomic E-state index is 12.1. The number of anilines is 1. The fraction of sp³-hybridized carbons (Fsp3) is 0.238. The van der Waals surface area contributed by atoms with Gasteiger partial charge in [0.05, 0.1) is 5.69 Å². The molecule has 0 aliphatic heterocycles. The number of rotatable bonds is 7. The number of nitrogens with zero attached hydrogens (tertiary/aromatic N) is 1. The van der Waals surface area contributed by atoms with Gasteiger partial charge in [-0.05, 0) is 30.0 Å². The predicted molar refractivity (Wildman–Crippen MR) is 107 cm³/mol. The minimum absolute atomic E-state index is 0.0388. The molecule has 5 heteroatoms. The van der Waals surface area contributed by atoms with Crippen molar-refractivity contribution < 1.29 is 9.53 Å². The van der Waals surface area contributed by atoms with Crippen LogP contribution in [0, 0.1) is 0 Å². The predicted octanol–water partition coefficient (Wildman–Crippen LogP) is 5.34. The van der Waals surface area contributed by atoms with Gasteiger partial charge in [0.25, 0.3) is 5.91 Å². The Morgan fingerprint density at radius 2 is 1.88 bits per heavy atom. The number of hydrogen-bond acceptors (Lipinski definition) is 4. The molecular formula is C21H22N2O2S. The summed E-state index contributed by atoms with van der Waals surface area (Å²) in [5.74, 6) is 0.998. The molecule has 1 amide bonds. The normalized spacial score (nSPS) is 11.8. The van der Waals surface area contributed by atoms with Crippen LogP contribution in [-0.4, -0.2) is 17.5 Å². The summed E-state index contributed by atoms with van der Waals surface area (Å²) >= 11 is 1.40. The van der Waals surface area contributed by atoms with Gasteiger partial charge >= 0.3 is 0 Å². The maximum absolute atomic E-state index is 12.1. The Hall–Kier alpha value is -2.66. The monoisotopic (exact) mass is 366 g/mol. The van der Waals surface area contributed by atoms with Gasteiger partial charge in [-0.15, -0.1) is 11.3 Å². The van der Waals surface area contributed by atoms with Gasteiger partial charge in [0.15, 0.2) is 11.7 Å². The number of carbonyl (C=O) groups excluding carboxylic acids is 1. The molecule has 0 fully saturated rings. The molecule has 3 rings (SSSR count). The van der Waals surface area contributed by atoms with Gasteiger partial charge in [-0.1, -0.05) is 56.3 Å². The van der Waals surface area contributed by atoms with Crippen molar-refractivity contribution in [1.82, 2.24) is 4.98 Å². The second-order valence-corrected chi connectivity index (χ2v) is 6.98. The molecule has 1 heterocycles. The first-order valence-corrected chi connectivity index (χ1v) is 9.57. The SMILES string of the molecule is CC[C@@H](C)c1ccc(OCC(=O)Nc2nc(-c3ccccc3)cs2)cc1. The number of thiazole rings is 1. The Morgan fingerprint density at radius 1 is 1.15 bits per heavy atom. The molecule has 3 aromatic rings. The van der Waals surface area contributed by atoms with Gasteiger partial charge in [0.2, 0.25) is 0 Å². The van der Waals surface area contributed by atoms with Crippen molar-refractivity contribution in [3.8, 4) is 17.0 Å². The van der Waals surface area contributed by atoms with Crippen LogP contribution in [0.3, 0.4) is 0 Å². The van der Waals surface area contributed by atoms with Crippen molar-refractivity contribution in [2.24, 2.45) is 0 Å². The van der Waals surface area contributed by atoms with E-state index in [2.05, 4.69) is 24.1 Å². The molecule has 4 nitrogen and oxygen atoms in total. The van der Waals surface area contributed by atoms with E-state index in [1.54, 1.807) is 0 Å². The van der Waals surface area contributed by atoms with Crippen LogP contribution >= 0.6 is 11.3 Å². The lowest BCUT2D eigenvalue weighted by atomic mass is 9.99. The summed E-state index contributed by atoms with van der Waals surface area (Å²) < 4.78 is 5.56. The van der Waals surface area contributed by atoms with Crippen molar-refractivity contribution in [2.75, 3.05) is 11.9 Å². The standard InChI is InChI=1S/C21H22N2O2S/c1-3-15(2)16-9-11-18(12-10-16)25-13-20(24)23-21-22-19(14-26-21)17-7-5-4-6-8-17/h4-12,14-15H,3,13H2,1-2H3,(H,22,23,24)/t15-/m1/s1. The van der Waals surface area contributed by atoms with E-state index < -0.39 is 0 Å². The first-order valence-electron chi connectivity index (χ1n) is 8.69. The van der Waals surface area contributed by atoms with Crippen LogP contribution in [0.25, 0.3) is 11.3 Å². The van der Waals surface area contributed by atoms with Crippen molar-refractivity contribution >= 4 is 22.4 Å². The van der Waals surface area contributed by atoms with Gasteiger partial charge in [0.1, 0.15) is 5.75 Å². The van der Waals surface area contributed by atoms with Gasteiger partial charge in [0, 0.05) is 10.9 Å². The summed E-state index contributed by atoms with van der Waals surface area (Å²) in [5, 5.41) is 5.29. The summed E-state index contributed by atoms with van der Waals surface area (Å²) in [7, 11) is 0. The van der Waals surface area contributed by atoms with Crippen LogP contribution in [0.5, 0.6) is 5.75 Å². The number of aromatic nitrogens is 1. The van der Waals surface area contributed by atoms with Gasteiger partial charge in [-0.3, -0.25) is 10.1 Å². The van der Waals surface area contributed by atoms with Crippen LogP contribution in [-0.2, 0) is 4.79 Å². The van der Waals surface area contributed by atoms with Crippen molar-refractivity contribution in [3.63, 3.8) is 0 Å². The lowest BCUT2D eigenvalue weighted by Gasteiger charge is -2.10. The van der Waals surface area contributed by atoms with Gasteiger partial charge < -0.3 is 4.74 Å². The van der Waals surface area contributed by atoms with E-state index in [0.29, 0.717) is 16.8 Å². The highest BCUT2D eigenvalue weighted by Gasteiger charge is 2.09. The molecule has 1 N–H and O–H groups in total. The maximum Gasteiger partial charge on any atom is 0.264 e. The largest absolute Gasteiger partial charge is 0.484 e. The second-order valence-electron chi connectivity index (χ2n) is 6.12. The Labute approximate surface area is 157 Å². The Morgan fingerprint density at radius 3 is 2.58 bits per heavy atom. The Bertz CT molecular complexity index is 844. The molecule has 26 heavy (non-hydrogen) atoms. The van der Waals surface area contributed by atoms with Crippen LogP contribution < -0.4 is 10.1 Å². The molecule has 0 bridgehead atoms. The fourth-order valence-electron chi connectivity index (χ4n) is 2.51. The number of nitrogens with one attached hydrogen (secondary N) is 1. The van der Waals surface area contributed by atoms with Crippen LogP contribution in [0.4, 0.5) is 5.13 Å². The Kier molecular flexibility index (Phi) is 6.02. The van der Waals surface area contributed by atoms with E-state index >= 15 is 0 Å². The van der Waals surface area contributed by atoms with Crippen molar-refractivity contribution in [1.29, 1.82) is 0 Å². The number of ether oxygens (including phenoxy) is 1. The highest BCUT2D eigenvalue weighted by atomic mass is 32.1. The van der Waals surface area contributed by atoms with Crippen molar-refractivity contribution in [2.45, 2.75) is 26.2 Å². The summed E-state index contributed by atoms with van der Waals surface area (Å²) in [5.41, 5.74) is 3.16.